The molecule has 0 saturated heterocycles. The summed E-state index contributed by atoms with van der Waals surface area (Å²) in [6.07, 6.45) is 5.76. The van der Waals surface area contributed by atoms with Gasteiger partial charge in [-0.05, 0) is 6.42 Å². The Morgan fingerprint density at radius 2 is 2.14 bits per heavy atom. The third-order valence-corrected chi connectivity index (χ3v) is 0.718. The van der Waals surface area contributed by atoms with E-state index in [0.717, 1.165) is 12.8 Å². The fourth-order valence-electron chi connectivity index (χ4n) is 0.353. The van der Waals surface area contributed by atoms with Crippen LogP contribution in [0.15, 0.2) is 12.2 Å². The maximum Gasteiger partial charge on any atom is 0.100 e. The number of hydrogen-bond acceptors (Lipinski definition) is 0. The van der Waals surface area contributed by atoms with Crippen molar-refractivity contribution in [3.8, 4) is 0 Å². The zero-order valence-electron chi connectivity index (χ0n) is 4.68. The van der Waals surface area contributed by atoms with E-state index in [2.05, 4.69) is 6.92 Å². The molecule has 0 fully saturated rings. The van der Waals surface area contributed by atoms with Gasteiger partial charge in [-0.15, -0.1) is 0 Å². The molecule has 1 radical (unpaired) electrons. The topological polar surface area (TPSA) is 19.9 Å². The highest BCUT2D eigenvalue weighted by Crippen LogP contribution is 1.86. The highest BCUT2D eigenvalue weighted by atomic mass is 16.2. The molecule has 1 heteroatoms. The molecule has 0 saturated carbocycles. The molecule has 0 bridgehead atoms. The van der Waals surface area contributed by atoms with E-state index in [1.54, 1.807) is 6.08 Å². The van der Waals surface area contributed by atoms with Crippen LogP contribution in [0.4, 0.5) is 0 Å². The minimum Gasteiger partial charge on any atom is -0.232 e. The Labute approximate surface area is 44.7 Å². The van der Waals surface area contributed by atoms with Gasteiger partial charge >= 0.3 is 0 Å². The molecule has 1 nitrogen and oxygen atoms in total. The van der Waals surface area contributed by atoms with Gasteiger partial charge in [0.25, 0.3) is 0 Å². The number of rotatable bonds is 3. The van der Waals surface area contributed by atoms with Crippen molar-refractivity contribution in [1.82, 2.24) is 0 Å². The van der Waals surface area contributed by atoms with Crippen LogP contribution in [0.25, 0.3) is 0 Å². The maximum absolute atomic E-state index is 9.72. The van der Waals surface area contributed by atoms with Gasteiger partial charge in [0.05, 0.1) is 0 Å². The number of allylic oxidation sites excluding steroid dienone is 1. The lowest BCUT2D eigenvalue weighted by Gasteiger charge is -1.78. The van der Waals surface area contributed by atoms with Gasteiger partial charge in [0.15, 0.2) is 0 Å². The van der Waals surface area contributed by atoms with Crippen LogP contribution in [0.3, 0.4) is 0 Å². The molecule has 0 aliphatic carbocycles. The maximum atomic E-state index is 9.72. The monoisotopic (exact) mass is 99.1 g/mol. The first-order valence-corrected chi connectivity index (χ1v) is 2.65. The fourth-order valence-corrected chi connectivity index (χ4v) is 0.353. The summed E-state index contributed by atoms with van der Waals surface area (Å²) in [5.41, 5.74) is 0. The molecule has 0 aromatic rings. The van der Waals surface area contributed by atoms with E-state index in [4.69, 9.17) is 0 Å². The third kappa shape index (κ3) is 5.70. The standard InChI is InChI=1S/C6H11O/c1-2-3-4-5-6-7/h4-5H,2-3,6H2,1H3. The highest BCUT2D eigenvalue weighted by molar-refractivity contribution is 4.79. The Kier molecular flexibility index (Phi) is 5.46. The molecular formula is C6H11O. The van der Waals surface area contributed by atoms with E-state index in [1.807, 2.05) is 6.08 Å². The predicted octanol–water partition coefficient (Wildman–Crippen LogP) is 1.77. The Morgan fingerprint density at radius 3 is 2.57 bits per heavy atom. The van der Waals surface area contributed by atoms with Crippen LogP contribution < -0.4 is 0 Å². The van der Waals surface area contributed by atoms with Gasteiger partial charge in [0.1, 0.15) is 6.61 Å². The van der Waals surface area contributed by atoms with Crippen molar-refractivity contribution >= 4 is 0 Å². The molecule has 0 atom stereocenters. The average molecular weight is 99.2 g/mol. The molecular weight excluding hydrogens is 88.1 g/mol. The Balaban J connectivity index is 2.78. The molecule has 0 N–H and O–H groups in total. The van der Waals surface area contributed by atoms with Gasteiger partial charge in [0, 0.05) is 0 Å². The quantitative estimate of drug-likeness (QED) is 0.480. The molecule has 0 aliphatic rings. The predicted molar refractivity (Wildman–Crippen MR) is 29.6 cm³/mol. The van der Waals surface area contributed by atoms with Crippen LogP contribution in [0.1, 0.15) is 19.8 Å². The summed E-state index contributed by atoms with van der Waals surface area (Å²) >= 11 is 0. The lowest BCUT2D eigenvalue weighted by molar-refractivity contribution is 0.232. The van der Waals surface area contributed by atoms with Crippen molar-refractivity contribution in [2.75, 3.05) is 6.61 Å². The molecule has 0 rings (SSSR count). The van der Waals surface area contributed by atoms with Crippen LogP contribution >= 0.6 is 0 Å². The highest BCUT2D eigenvalue weighted by Gasteiger charge is 1.69. The summed E-state index contributed by atoms with van der Waals surface area (Å²) in [6, 6.07) is 0. The average Bonchev–Trinajstić information content (AvgIpc) is 1.69. The zero-order chi connectivity index (χ0) is 5.54. The van der Waals surface area contributed by atoms with Crippen molar-refractivity contribution in [1.29, 1.82) is 0 Å². The van der Waals surface area contributed by atoms with Crippen LogP contribution in [-0.4, -0.2) is 6.61 Å². The smallest absolute Gasteiger partial charge is 0.100 e. The second-order valence-corrected chi connectivity index (χ2v) is 1.43. The second kappa shape index (κ2) is 5.70. The van der Waals surface area contributed by atoms with Crippen molar-refractivity contribution in [2.24, 2.45) is 0 Å². The van der Waals surface area contributed by atoms with Gasteiger partial charge < -0.3 is 0 Å². The molecule has 0 amide bonds. The summed E-state index contributed by atoms with van der Waals surface area (Å²) < 4.78 is 0. The minimum absolute atomic E-state index is 0.0694. The Morgan fingerprint density at radius 1 is 1.43 bits per heavy atom. The third-order valence-electron chi connectivity index (χ3n) is 0.718. The molecule has 0 spiro atoms. The number of hydrogen-bond donors (Lipinski definition) is 0. The largest absolute Gasteiger partial charge is 0.232 e. The van der Waals surface area contributed by atoms with Crippen LogP contribution in [0, 0.1) is 0 Å². The first-order chi connectivity index (χ1) is 3.41. The second-order valence-electron chi connectivity index (χ2n) is 1.43. The van der Waals surface area contributed by atoms with E-state index in [0.29, 0.717) is 0 Å². The number of unbranched alkanes of at least 4 members (excludes halogenated alkanes) is 1. The van der Waals surface area contributed by atoms with Crippen LogP contribution in [-0.2, 0) is 5.11 Å². The van der Waals surface area contributed by atoms with Crippen LogP contribution in [0.5, 0.6) is 0 Å². The lowest BCUT2D eigenvalue weighted by atomic mass is 10.3. The first kappa shape index (κ1) is 6.70. The summed E-state index contributed by atoms with van der Waals surface area (Å²) in [4.78, 5) is 0. The van der Waals surface area contributed by atoms with Gasteiger partial charge in [-0.25, -0.2) is 5.11 Å². The van der Waals surface area contributed by atoms with E-state index < -0.39 is 0 Å². The molecule has 41 valence electrons. The van der Waals surface area contributed by atoms with E-state index in [-0.39, 0.29) is 6.61 Å². The SMILES string of the molecule is CCCC=CC[O]. The van der Waals surface area contributed by atoms with Crippen molar-refractivity contribution in [2.45, 2.75) is 19.8 Å². The molecule has 0 aromatic heterocycles. The minimum atomic E-state index is -0.0694. The van der Waals surface area contributed by atoms with Gasteiger partial charge in [-0.2, -0.15) is 0 Å². The van der Waals surface area contributed by atoms with Crippen molar-refractivity contribution < 1.29 is 5.11 Å². The first-order valence-electron chi connectivity index (χ1n) is 2.65. The molecule has 0 aromatic carbocycles. The fraction of sp³-hybridized carbons (Fsp3) is 0.667. The van der Waals surface area contributed by atoms with Crippen molar-refractivity contribution in [3.63, 3.8) is 0 Å². The lowest BCUT2D eigenvalue weighted by Crippen LogP contribution is -1.67. The van der Waals surface area contributed by atoms with Gasteiger partial charge in [-0.1, -0.05) is 25.5 Å². The summed E-state index contributed by atoms with van der Waals surface area (Å²) in [5.74, 6) is 0. The summed E-state index contributed by atoms with van der Waals surface area (Å²) in [5, 5.41) is 9.72. The Hall–Kier alpha value is -0.300. The molecule has 7 heavy (non-hydrogen) atoms. The molecule has 0 unspecified atom stereocenters. The van der Waals surface area contributed by atoms with Gasteiger partial charge in [-0.3, -0.25) is 0 Å². The normalized spacial score (nSPS) is 10.6. The summed E-state index contributed by atoms with van der Waals surface area (Å²) in [6.45, 7) is 2.02. The molecule has 0 aliphatic heterocycles. The van der Waals surface area contributed by atoms with E-state index in [1.165, 1.54) is 0 Å². The van der Waals surface area contributed by atoms with Gasteiger partial charge in [0.2, 0.25) is 0 Å². The van der Waals surface area contributed by atoms with E-state index >= 15 is 0 Å². The van der Waals surface area contributed by atoms with Crippen molar-refractivity contribution in [3.05, 3.63) is 12.2 Å². The molecule has 0 heterocycles. The van der Waals surface area contributed by atoms with E-state index in [9.17, 15) is 5.11 Å². The summed E-state index contributed by atoms with van der Waals surface area (Å²) in [7, 11) is 0. The van der Waals surface area contributed by atoms with Crippen LogP contribution in [0.2, 0.25) is 0 Å². The zero-order valence-corrected chi connectivity index (χ0v) is 4.68. The Bertz CT molecular complexity index is 48.1.